The number of halogens is 1. The van der Waals surface area contributed by atoms with Gasteiger partial charge in [0.2, 0.25) is 0 Å². The summed E-state index contributed by atoms with van der Waals surface area (Å²) in [5.74, 6) is 1.64. The molecule has 0 amide bonds. The molecule has 23 heavy (non-hydrogen) atoms. The van der Waals surface area contributed by atoms with Gasteiger partial charge in [0.1, 0.15) is 5.82 Å². The van der Waals surface area contributed by atoms with Gasteiger partial charge in [-0.05, 0) is 23.8 Å². The second-order valence-electron chi connectivity index (χ2n) is 5.25. The molecule has 0 bridgehead atoms. The molecular weight excluding hydrogens is 310 g/mol. The first kappa shape index (κ1) is 17.1. The van der Waals surface area contributed by atoms with Gasteiger partial charge in [0.15, 0.2) is 5.96 Å². The van der Waals surface area contributed by atoms with Crippen LogP contribution in [0.15, 0.2) is 47.5 Å². The van der Waals surface area contributed by atoms with Gasteiger partial charge in [-0.25, -0.2) is 4.98 Å². The second kappa shape index (κ2) is 8.39. The average Bonchev–Trinajstić information content (AvgIpc) is 2.56. The Kier molecular flexibility index (Phi) is 6.23. The van der Waals surface area contributed by atoms with Crippen LogP contribution in [0.2, 0.25) is 5.02 Å². The predicted octanol–water partition coefficient (Wildman–Crippen LogP) is 2.67. The standard InChI is InChI=1S/C17H22ClN5/c1-19-17(20-11-13-7-4-5-9-15(13)18)21-12-14-8-6-10-16(22-14)23(2)3/h4-10H,11-12H2,1-3H3,(H2,19,20,21). The van der Waals surface area contributed by atoms with Gasteiger partial charge < -0.3 is 15.5 Å². The second-order valence-corrected chi connectivity index (χ2v) is 5.66. The van der Waals surface area contributed by atoms with Crippen LogP contribution in [-0.2, 0) is 13.1 Å². The van der Waals surface area contributed by atoms with Crippen LogP contribution < -0.4 is 15.5 Å². The summed E-state index contributed by atoms with van der Waals surface area (Å²) in [5.41, 5.74) is 1.99. The van der Waals surface area contributed by atoms with Gasteiger partial charge >= 0.3 is 0 Å². The lowest BCUT2D eigenvalue weighted by Gasteiger charge is -2.14. The van der Waals surface area contributed by atoms with Crippen LogP contribution in [0.4, 0.5) is 5.82 Å². The molecule has 1 aromatic carbocycles. The van der Waals surface area contributed by atoms with Crippen molar-refractivity contribution in [3.8, 4) is 0 Å². The van der Waals surface area contributed by atoms with Crippen LogP contribution in [-0.4, -0.2) is 32.1 Å². The van der Waals surface area contributed by atoms with Crippen LogP contribution >= 0.6 is 11.6 Å². The van der Waals surface area contributed by atoms with E-state index in [0.717, 1.165) is 22.1 Å². The lowest BCUT2D eigenvalue weighted by atomic mass is 10.2. The van der Waals surface area contributed by atoms with Crippen LogP contribution in [0.25, 0.3) is 0 Å². The lowest BCUT2D eigenvalue weighted by Crippen LogP contribution is -2.36. The number of aliphatic imine (C=N–C) groups is 1. The smallest absolute Gasteiger partial charge is 0.191 e. The molecule has 0 atom stereocenters. The lowest BCUT2D eigenvalue weighted by molar-refractivity contribution is 0.793. The number of anilines is 1. The number of benzene rings is 1. The van der Waals surface area contributed by atoms with Gasteiger partial charge in [0.05, 0.1) is 12.2 Å². The summed E-state index contributed by atoms with van der Waals surface area (Å²) in [6.07, 6.45) is 0. The van der Waals surface area contributed by atoms with Gasteiger partial charge in [0, 0.05) is 32.7 Å². The number of guanidine groups is 1. The molecule has 0 fully saturated rings. The first-order chi connectivity index (χ1) is 11.1. The van der Waals surface area contributed by atoms with E-state index in [4.69, 9.17) is 11.6 Å². The van der Waals surface area contributed by atoms with E-state index >= 15 is 0 Å². The third kappa shape index (κ3) is 5.14. The number of pyridine rings is 1. The van der Waals surface area contributed by atoms with Crippen LogP contribution in [0, 0.1) is 0 Å². The van der Waals surface area contributed by atoms with Gasteiger partial charge in [-0.1, -0.05) is 35.9 Å². The molecule has 0 unspecified atom stereocenters. The molecule has 1 aromatic heterocycles. The van der Waals surface area contributed by atoms with E-state index in [9.17, 15) is 0 Å². The van der Waals surface area contributed by atoms with E-state index in [2.05, 4.69) is 20.6 Å². The maximum Gasteiger partial charge on any atom is 0.191 e. The fourth-order valence-corrected chi connectivity index (χ4v) is 2.23. The summed E-state index contributed by atoms with van der Waals surface area (Å²) in [6.45, 7) is 1.22. The summed E-state index contributed by atoms with van der Waals surface area (Å²) < 4.78 is 0. The summed E-state index contributed by atoms with van der Waals surface area (Å²) in [7, 11) is 5.69. The van der Waals surface area contributed by atoms with Crippen LogP contribution in [0.3, 0.4) is 0 Å². The summed E-state index contributed by atoms with van der Waals surface area (Å²) in [5, 5.41) is 7.25. The summed E-state index contributed by atoms with van der Waals surface area (Å²) in [4.78, 5) is 10.8. The summed E-state index contributed by atoms with van der Waals surface area (Å²) in [6, 6.07) is 13.7. The van der Waals surface area contributed by atoms with E-state index in [-0.39, 0.29) is 0 Å². The van der Waals surface area contributed by atoms with E-state index in [0.29, 0.717) is 19.0 Å². The monoisotopic (exact) mass is 331 g/mol. The van der Waals surface area contributed by atoms with E-state index in [1.54, 1.807) is 7.05 Å². The Hall–Kier alpha value is -2.27. The maximum atomic E-state index is 6.16. The Balaban J connectivity index is 1.91. The molecule has 1 heterocycles. The Morgan fingerprint density at radius 2 is 1.83 bits per heavy atom. The fraction of sp³-hybridized carbons (Fsp3) is 0.294. The minimum absolute atomic E-state index is 0.601. The Morgan fingerprint density at radius 3 is 2.52 bits per heavy atom. The molecule has 6 heteroatoms. The van der Waals surface area contributed by atoms with Crippen molar-refractivity contribution in [1.82, 2.24) is 15.6 Å². The first-order valence-corrected chi connectivity index (χ1v) is 7.79. The highest BCUT2D eigenvalue weighted by molar-refractivity contribution is 6.31. The highest BCUT2D eigenvalue weighted by Crippen LogP contribution is 2.14. The fourth-order valence-electron chi connectivity index (χ4n) is 2.03. The van der Waals surface area contributed by atoms with Crippen LogP contribution in [0.1, 0.15) is 11.3 Å². The number of nitrogens with zero attached hydrogens (tertiary/aromatic N) is 3. The van der Waals surface area contributed by atoms with Gasteiger partial charge in [0.25, 0.3) is 0 Å². The molecule has 0 spiro atoms. The van der Waals surface area contributed by atoms with E-state index in [1.165, 1.54) is 0 Å². The molecule has 122 valence electrons. The molecule has 2 N–H and O–H groups in total. The number of rotatable bonds is 5. The van der Waals surface area contributed by atoms with Gasteiger partial charge in [-0.15, -0.1) is 0 Å². The van der Waals surface area contributed by atoms with Crippen molar-refractivity contribution in [1.29, 1.82) is 0 Å². The Labute approximate surface area is 142 Å². The average molecular weight is 332 g/mol. The minimum Gasteiger partial charge on any atom is -0.363 e. The third-order valence-corrected chi connectivity index (χ3v) is 3.68. The normalized spacial score (nSPS) is 11.2. The molecule has 0 saturated carbocycles. The zero-order chi connectivity index (χ0) is 16.7. The van der Waals surface area contributed by atoms with Gasteiger partial charge in [-0.3, -0.25) is 4.99 Å². The minimum atomic E-state index is 0.601. The zero-order valence-corrected chi connectivity index (χ0v) is 14.4. The molecule has 0 aliphatic heterocycles. The first-order valence-electron chi connectivity index (χ1n) is 7.41. The molecule has 2 rings (SSSR count). The van der Waals surface area contributed by atoms with Crippen molar-refractivity contribution < 1.29 is 0 Å². The molecule has 0 aliphatic carbocycles. The van der Waals surface area contributed by atoms with Crippen LogP contribution in [0.5, 0.6) is 0 Å². The highest BCUT2D eigenvalue weighted by atomic mass is 35.5. The molecule has 5 nitrogen and oxygen atoms in total. The predicted molar refractivity (Wildman–Crippen MR) is 97.1 cm³/mol. The molecule has 0 aliphatic rings. The number of aromatic nitrogens is 1. The number of nitrogens with one attached hydrogen (secondary N) is 2. The van der Waals surface area contributed by atoms with Crippen molar-refractivity contribution in [2.45, 2.75) is 13.1 Å². The van der Waals surface area contributed by atoms with E-state index < -0.39 is 0 Å². The van der Waals surface area contributed by atoms with Gasteiger partial charge in [-0.2, -0.15) is 0 Å². The van der Waals surface area contributed by atoms with Crippen molar-refractivity contribution >= 4 is 23.4 Å². The summed E-state index contributed by atoms with van der Waals surface area (Å²) >= 11 is 6.16. The van der Waals surface area contributed by atoms with Crippen molar-refractivity contribution in [2.75, 3.05) is 26.0 Å². The van der Waals surface area contributed by atoms with Crippen molar-refractivity contribution in [3.05, 3.63) is 58.7 Å². The molecule has 2 aromatic rings. The largest absolute Gasteiger partial charge is 0.363 e. The maximum absolute atomic E-state index is 6.16. The molecule has 0 saturated heterocycles. The highest BCUT2D eigenvalue weighted by Gasteiger charge is 2.03. The number of hydrogen-bond acceptors (Lipinski definition) is 3. The quantitative estimate of drug-likeness (QED) is 0.653. The van der Waals surface area contributed by atoms with E-state index in [1.807, 2.05) is 61.5 Å². The Morgan fingerprint density at radius 1 is 1.09 bits per heavy atom. The van der Waals surface area contributed by atoms with Crippen molar-refractivity contribution in [3.63, 3.8) is 0 Å². The molecular formula is C17H22ClN5. The SMILES string of the molecule is CN=C(NCc1cccc(N(C)C)n1)NCc1ccccc1Cl. The zero-order valence-electron chi connectivity index (χ0n) is 13.7. The Bertz CT molecular complexity index is 670. The third-order valence-electron chi connectivity index (χ3n) is 3.31. The van der Waals surface area contributed by atoms with Crippen molar-refractivity contribution in [2.24, 2.45) is 4.99 Å². The number of hydrogen-bond donors (Lipinski definition) is 2. The topological polar surface area (TPSA) is 52.6 Å². The molecule has 0 radical (unpaired) electrons.